The number of sulfonamides is 1. The van der Waals surface area contributed by atoms with Crippen molar-refractivity contribution in [3.63, 3.8) is 0 Å². The van der Waals surface area contributed by atoms with Crippen molar-refractivity contribution in [1.29, 1.82) is 0 Å². The van der Waals surface area contributed by atoms with Gasteiger partial charge in [0.25, 0.3) is 0 Å². The number of nitrogens with one attached hydrogen (secondary N) is 2. The molecule has 1 aliphatic carbocycles. The molecule has 1 saturated heterocycles. The van der Waals surface area contributed by atoms with Gasteiger partial charge in [0.15, 0.2) is 0 Å². The lowest BCUT2D eigenvalue weighted by atomic mass is 9.92. The molecule has 2 unspecified atom stereocenters. The fraction of sp³-hybridized carbons (Fsp3) is 0.476. The first-order valence-corrected chi connectivity index (χ1v) is 11.4. The topological polar surface area (TPSA) is 78.5 Å². The minimum Gasteiger partial charge on any atom is -0.326 e. The number of fused-ring (bicyclic) bond motifs is 1. The van der Waals surface area contributed by atoms with Gasteiger partial charge in [-0.2, -0.15) is 0 Å². The third kappa shape index (κ3) is 4.15. The Hall–Kier alpha value is -2.12. The molecule has 1 aromatic carbocycles. The van der Waals surface area contributed by atoms with Gasteiger partial charge in [0.05, 0.1) is 6.04 Å². The number of likely N-dealkylation sites (N-methyl/N-ethyl adjacent to an activating group) is 1. The Kier molecular flexibility index (Phi) is 5.95. The number of hydrogen-bond acceptors (Lipinski definition) is 4. The molecule has 1 aromatic rings. The van der Waals surface area contributed by atoms with Gasteiger partial charge >= 0.3 is 0 Å². The van der Waals surface area contributed by atoms with Gasteiger partial charge in [0, 0.05) is 17.8 Å². The summed E-state index contributed by atoms with van der Waals surface area (Å²) in [5.74, 6) is -0.0174. The Labute approximate surface area is 167 Å². The summed E-state index contributed by atoms with van der Waals surface area (Å²) < 4.78 is 29.5. The lowest BCUT2D eigenvalue weighted by molar-refractivity contribution is -0.120. The molecule has 0 saturated carbocycles. The molecular formula is C21H29N3O3S. The van der Waals surface area contributed by atoms with Crippen molar-refractivity contribution in [1.82, 2.24) is 10.2 Å². The highest BCUT2D eigenvalue weighted by Gasteiger charge is 2.38. The van der Waals surface area contributed by atoms with E-state index in [-0.39, 0.29) is 11.9 Å². The van der Waals surface area contributed by atoms with Gasteiger partial charge in [-0.3, -0.25) is 14.4 Å². The number of rotatable bonds is 6. The first kappa shape index (κ1) is 20.6. The molecule has 2 atom stereocenters. The molecule has 2 aliphatic rings. The van der Waals surface area contributed by atoms with E-state index < -0.39 is 15.3 Å². The smallest absolute Gasteiger partial charge is 0.241 e. The monoisotopic (exact) mass is 403 g/mol. The number of allylic oxidation sites excluding steroid dienone is 1. The normalized spacial score (nSPS) is 22.2. The third-order valence-corrected chi connectivity index (χ3v) is 7.29. The summed E-state index contributed by atoms with van der Waals surface area (Å²) in [4.78, 5) is 13.9. The largest absolute Gasteiger partial charge is 0.326 e. The van der Waals surface area contributed by atoms with Gasteiger partial charge in [-0.25, -0.2) is 8.42 Å². The van der Waals surface area contributed by atoms with E-state index in [0.29, 0.717) is 18.5 Å². The first-order chi connectivity index (χ1) is 13.2. The molecule has 0 spiro atoms. The molecule has 0 aromatic heterocycles. The maximum atomic E-state index is 13.3. The zero-order valence-corrected chi connectivity index (χ0v) is 17.8. The SMILES string of the molecule is CCN(CC)C1C=C2NC(=O)CCC2=CC1S(=O)(=O)Nc1ccc(C)c(C)c1. The van der Waals surface area contributed by atoms with E-state index in [0.717, 1.165) is 35.5 Å². The molecule has 3 rings (SSSR count). The molecule has 28 heavy (non-hydrogen) atoms. The van der Waals surface area contributed by atoms with Crippen LogP contribution in [0.2, 0.25) is 0 Å². The van der Waals surface area contributed by atoms with Gasteiger partial charge in [0.1, 0.15) is 5.25 Å². The van der Waals surface area contributed by atoms with Gasteiger partial charge in [-0.15, -0.1) is 0 Å². The number of anilines is 1. The summed E-state index contributed by atoms with van der Waals surface area (Å²) in [6, 6.07) is 5.24. The molecule has 1 amide bonds. The Morgan fingerprint density at radius 2 is 1.82 bits per heavy atom. The Balaban J connectivity index is 1.96. The standard InChI is InChI=1S/C21H29N3O3S/c1-5-24(6-2)19-13-18-16(8-10-21(25)22-18)12-20(19)28(26,27)23-17-9-7-14(3)15(4)11-17/h7,9,11-13,19-20,23H,5-6,8,10H2,1-4H3,(H,22,25). The summed E-state index contributed by atoms with van der Waals surface area (Å²) in [5.41, 5.74) is 4.39. The number of aryl methyl sites for hydroxylation is 2. The molecule has 0 radical (unpaired) electrons. The summed E-state index contributed by atoms with van der Waals surface area (Å²) in [6.07, 6.45) is 4.68. The average molecular weight is 404 g/mol. The summed E-state index contributed by atoms with van der Waals surface area (Å²) in [5, 5.41) is 2.18. The second kappa shape index (κ2) is 8.09. The van der Waals surface area contributed by atoms with Crippen LogP contribution in [0, 0.1) is 13.8 Å². The minimum atomic E-state index is -3.67. The number of nitrogens with zero attached hydrogens (tertiary/aromatic N) is 1. The van der Waals surface area contributed by atoms with Crippen LogP contribution in [-0.4, -0.2) is 43.6 Å². The second-order valence-corrected chi connectivity index (χ2v) is 9.28. The van der Waals surface area contributed by atoms with Crippen molar-refractivity contribution >= 4 is 21.6 Å². The van der Waals surface area contributed by atoms with Gasteiger partial charge in [0.2, 0.25) is 15.9 Å². The lowest BCUT2D eigenvalue weighted by Crippen LogP contribution is -2.49. The summed E-state index contributed by atoms with van der Waals surface area (Å²) in [7, 11) is -3.67. The Bertz CT molecular complexity index is 930. The fourth-order valence-corrected chi connectivity index (χ4v) is 5.38. The van der Waals surface area contributed by atoms with Crippen LogP contribution >= 0.6 is 0 Å². The molecule has 0 bridgehead atoms. The van der Waals surface area contributed by atoms with Crippen molar-refractivity contribution in [3.8, 4) is 0 Å². The lowest BCUT2D eigenvalue weighted by Gasteiger charge is -2.37. The van der Waals surface area contributed by atoms with Crippen LogP contribution in [0.15, 0.2) is 41.6 Å². The van der Waals surface area contributed by atoms with E-state index in [1.807, 2.05) is 52.0 Å². The molecule has 1 aliphatic heterocycles. The zero-order chi connectivity index (χ0) is 20.5. The van der Waals surface area contributed by atoms with E-state index in [4.69, 9.17) is 0 Å². The molecule has 7 heteroatoms. The zero-order valence-electron chi connectivity index (χ0n) is 17.0. The van der Waals surface area contributed by atoms with E-state index in [1.54, 1.807) is 6.07 Å². The second-order valence-electron chi connectivity index (χ2n) is 7.44. The highest BCUT2D eigenvalue weighted by Crippen LogP contribution is 2.31. The average Bonchev–Trinajstić information content (AvgIpc) is 2.64. The van der Waals surface area contributed by atoms with Crippen molar-refractivity contribution < 1.29 is 13.2 Å². The predicted octanol–water partition coefficient (Wildman–Crippen LogP) is 2.86. The molecule has 6 nitrogen and oxygen atoms in total. The van der Waals surface area contributed by atoms with Crippen LogP contribution in [0.1, 0.15) is 37.8 Å². The van der Waals surface area contributed by atoms with Crippen LogP contribution in [0.3, 0.4) is 0 Å². The quantitative estimate of drug-likeness (QED) is 0.766. The van der Waals surface area contributed by atoms with Gasteiger partial charge in [-0.05, 0) is 68.3 Å². The number of carbonyl (C=O) groups is 1. The molecule has 1 heterocycles. The van der Waals surface area contributed by atoms with E-state index in [2.05, 4.69) is 14.9 Å². The summed E-state index contributed by atoms with van der Waals surface area (Å²) >= 11 is 0. The van der Waals surface area contributed by atoms with Crippen molar-refractivity contribution in [2.45, 2.75) is 51.8 Å². The number of carbonyl (C=O) groups excluding carboxylic acids is 1. The third-order valence-electron chi connectivity index (χ3n) is 5.64. The van der Waals surface area contributed by atoms with E-state index >= 15 is 0 Å². The number of benzene rings is 1. The van der Waals surface area contributed by atoms with Gasteiger partial charge in [-0.1, -0.05) is 26.0 Å². The molecule has 2 N–H and O–H groups in total. The maximum absolute atomic E-state index is 13.3. The highest BCUT2D eigenvalue weighted by molar-refractivity contribution is 7.93. The van der Waals surface area contributed by atoms with Gasteiger partial charge < -0.3 is 5.32 Å². The minimum absolute atomic E-state index is 0.0174. The molecular weight excluding hydrogens is 374 g/mol. The number of amides is 1. The van der Waals surface area contributed by atoms with Crippen LogP contribution in [0.25, 0.3) is 0 Å². The highest BCUT2D eigenvalue weighted by atomic mass is 32.2. The van der Waals surface area contributed by atoms with Crippen LogP contribution in [0.5, 0.6) is 0 Å². The molecule has 1 fully saturated rings. The molecule has 152 valence electrons. The van der Waals surface area contributed by atoms with Crippen LogP contribution < -0.4 is 10.0 Å². The number of piperidine rings is 1. The van der Waals surface area contributed by atoms with Crippen LogP contribution in [0.4, 0.5) is 5.69 Å². The Morgan fingerprint density at radius 3 is 2.46 bits per heavy atom. The first-order valence-electron chi connectivity index (χ1n) is 9.80. The van der Waals surface area contributed by atoms with Crippen molar-refractivity contribution in [2.24, 2.45) is 0 Å². The van der Waals surface area contributed by atoms with E-state index in [1.165, 1.54) is 0 Å². The number of hydrogen-bond donors (Lipinski definition) is 2. The maximum Gasteiger partial charge on any atom is 0.241 e. The Morgan fingerprint density at radius 1 is 1.11 bits per heavy atom. The fourth-order valence-electron chi connectivity index (χ4n) is 3.83. The van der Waals surface area contributed by atoms with E-state index in [9.17, 15) is 13.2 Å². The van der Waals surface area contributed by atoms with Crippen molar-refractivity contribution in [2.75, 3.05) is 17.8 Å². The summed E-state index contributed by atoms with van der Waals surface area (Å²) in [6.45, 7) is 9.44. The predicted molar refractivity (Wildman–Crippen MR) is 112 cm³/mol. The van der Waals surface area contributed by atoms with Crippen LogP contribution in [-0.2, 0) is 14.8 Å². The van der Waals surface area contributed by atoms with Crippen molar-refractivity contribution in [3.05, 3.63) is 52.7 Å².